The quantitative estimate of drug-likeness (QED) is 0.667. The molecule has 0 saturated carbocycles. The summed E-state index contributed by atoms with van der Waals surface area (Å²) in [5.41, 5.74) is 3.40. The Bertz CT molecular complexity index is 1060. The Hall–Kier alpha value is -2.93. The Kier molecular flexibility index (Phi) is 5.49. The Morgan fingerprint density at radius 2 is 1.69 bits per heavy atom. The van der Waals surface area contributed by atoms with Crippen LogP contribution in [0, 0.1) is 0 Å². The van der Waals surface area contributed by atoms with Crippen LogP contribution >= 0.6 is 0 Å². The maximum absolute atomic E-state index is 13.1. The van der Waals surface area contributed by atoms with E-state index in [1.54, 1.807) is 9.13 Å². The predicted molar refractivity (Wildman–Crippen MR) is 113 cm³/mol. The van der Waals surface area contributed by atoms with Gasteiger partial charge in [-0.2, -0.15) is 0 Å². The number of benzene rings is 1. The van der Waals surface area contributed by atoms with Crippen LogP contribution in [-0.2, 0) is 19.6 Å². The third-order valence-electron chi connectivity index (χ3n) is 5.67. The monoisotopic (exact) mass is 393 g/mol. The SMILES string of the molecule is CCn1c(=O)n(CC)c2cc(C(=O)N3CCN(Cc4ccccn4)CC3)ccc21. The molecule has 2 aromatic heterocycles. The lowest BCUT2D eigenvalue weighted by Gasteiger charge is -2.34. The summed E-state index contributed by atoms with van der Waals surface area (Å²) in [4.78, 5) is 34.2. The molecule has 4 rings (SSSR count). The number of fused-ring (bicyclic) bond motifs is 1. The van der Waals surface area contributed by atoms with Gasteiger partial charge < -0.3 is 4.90 Å². The molecule has 1 fully saturated rings. The average molecular weight is 393 g/mol. The highest BCUT2D eigenvalue weighted by Gasteiger charge is 2.23. The van der Waals surface area contributed by atoms with E-state index in [1.165, 1.54) is 0 Å². The van der Waals surface area contributed by atoms with E-state index in [0.29, 0.717) is 31.7 Å². The second-order valence-corrected chi connectivity index (χ2v) is 7.36. The van der Waals surface area contributed by atoms with Gasteiger partial charge in [0.2, 0.25) is 0 Å². The van der Waals surface area contributed by atoms with Gasteiger partial charge in [0, 0.05) is 57.6 Å². The molecule has 29 heavy (non-hydrogen) atoms. The lowest BCUT2D eigenvalue weighted by atomic mass is 10.1. The van der Waals surface area contributed by atoms with Crippen LogP contribution in [0.4, 0.5) is 0 Å². The van der Waals surface area contributed by atoms with Crippen molar-refractivity contribution in [3.63, 3.8) is 0 Å². The standard InChI is InChI=1S/C22H27N5O2/c1-3-26-19-9-8-17(15-20(19)27(4-2)22(26)29)21(28)25-13-11-24(12-14-25)16-18-7-5-6-10-23-18/h5-10,15H,3-4,11-14,16H2,1-2H3. The number of hydrogen-bond acceptors (Lipinski definition) is 4. The predicted octanol–water partition coefficient (Wildman–Crippen LogP) is 2.20. The van der Waals surface area contributed by atoms with Crippen molar-refractivity contribution in [2.75, 3.05) is 26.2 Å². The lowest BCUT2D eigenvalue weighted by Crippen LogP contribution is -2.48. The molecule has 0 spiro atoms. The number of amides is 1. The maximum atomic E-state index is 13.1. The molecule has 0 radical (unpaired) electrons. The number of imidazole rings is 1. The normalized spacial score (nSPS) is 15.2. The van der Waals surface area contributed by atoms with E-state index < -0.39 is 0 Å². The summed E-state index contributed by atoms with van der Waals surface area (Å²) in [7, 11) is 0. The van der Waals surface area contributed by atoms with Crippen LogP contribution in [-0.4, -0.2) is 56.0 Å². The molecule has 3 aromatic rings. The van der Waals surface area contributed by atoms with Gasteiger partial charge in [0.25, 0.3) is 5.91 Å². The molecule has 1 aliphatic heterocycles. The minimum absolute atomic E-state index is 0.0160. The summed E-state index contributed by atoms with van der Waals surface area (Å²) >= 11 is 0. The summed E-state index contributed by atoms with van der Waals surface area (Å²) in [6.45, 7) is 8.98. The first-order valence-electron chi connectivity index (χ1n) is 10.3. The van der Waals surface area contributed by atoms with Crippen molar-refractivity contribution < 1.29 is 4.79 Å². The van der Waals surface area contributed by atoms with E-state index in [-0.39, 0.29) is 11.6 Å². The summed E-state index contributed by atoms with van der Waals surface area (Å²) in [6, 6.07) is 11.6. The highest BCUT2D eigenvalue weighted by atomic mass is 16.2. The van der Waals surface area contributed by atoms with Crippen molar-refractivity contribution >= 4 is 16.9 Å². The molecule has 3 heterocycles. The first kappa shape index (κ1) is 19.4. The minimum atomic E-state index is -0.0160. The van der Waals surface area contributed by atoms with Crippen molar-refractivity contribution in [1.82, 2.24) is 23.9 Å². The van der Waals surface area contributed by atoms with Gasteiger partial charge in [0.05, 0.1) is 16.7 Å². The maximum Gasteiger partial charge on any atom is 0.329 e. The third-order valence-corrected chi connectivity index (χ3v) is 5.67. The molecular weight excluding hydrogens is 366 g/mol. The van der Waals surface area contributed by atoms with Crippen LogP contribution in [0.5, 0.6) is 0 Å². The Balaban J connectivity index is 1.49. The number of carbonyl (C=O) groups excluding carboxylic acids is 1. The molecule has 0 unspecified atom stereocenters. The van der Waals surface area contributed by atoms with E-state index in [1.807, 2.05) is 61.3 Å². The van der Waals surface area contributed by atoms with Gasteiger partial charge in [-0.25, -0.2) is 4.79 Å². The Morgan fingerprint density at radius 3 is 2.34 bits per heavy atom. The van der Waals surface area contributed by atoms with Crippen LogP contribution in [0.15, 0.2) is 47.4 Å². The number of rotatable bonds is 5. The highest BCUT2D eigenvalue weighted by Crippen LogP contribution is 2.18. The van der Waals surface area contributed by atoms with E-state index in [2.05, 4.69) is 9.88 Å². The number of hydrogen-bond donors (Lipinski definition) is 0. The van der Waals surface area contributed by atoms with Crippen molar-refractivity contribution in [2.45, 2.75) is 33.5 Å². The first-order chi connectivity index (χ1) is 14.1. The fourth-order valence-electron chi connectivity index (χ4n) is 4.08. The number of piperazine rings is 1. The van der Waals surface area contributed by atoms with Gasteiger partial charge in [-0.1, -0.05) is 6.07 Å². The molecule has 0 atom stereocenters. The van der Waals surface area contributed by atoms with Crippen LogP contribution < -0.4 is 5.69 Å². The molecule has 1 aliphatic rings. The molecule has 1 saturated heterocycles. The fourth-order valence-corrected chi connectivity index (χ4v) is 4.08. The number of carbonyl (C=O) groups is 1. The molecular formula is C22H27N5O2. The zero-order valence-corrected chi connectivity index (χ0v) is 17.0. The third kappa shape index (κ3) is 3.70. The van der Waals surface area contributed by atoms with E-state index in [4.69, 9.17) is 0 Å². The molecule has 7 nitrogen and oxygen atoms in total. The van der Waals surface area contributed by atoms with Crippen molar-refractivity contribution in [2.24, 2.45) is 0 Å². The van der Waals surface area contributed by atoms with Crippen LogP contribution in [0.2, 0.25) is 0 Å². The summed E-state index contributed by atoms with van der Waals surface area (Å²) in [5, 5.41) is 0. The molecule has 1 aromatic carbocycles. The van der Waals surface area contributed by atoms with E-state index >= 15 is 0 Å². The second-order valence-electron chi connectivity index (χ2n) is 7.36. The average Bonchev–Trinajstić information content (AvgIpc) is 3.04. The first-order valence-corrected chi connectivity index (χ1v) is 10.3. The Morgan fingerprint density at radius 1 is 0.966 bits per heavy atom. The molecule has 0 N–H and O–H groups in total. The smallest absolute Gasteiger partial charge is 0.329 e. The van der Waals surface area contributed by atoms with Gasteiger partial charge in [-0.05, 0) is 44.2 Å². The van der Waals surface area contributed by atoms with Gasteiger partial charge in [-0.3, -0.25) is 23.8 Å². The largest absolute Gasteiger partial charge is 0.336 e. The van der Waals surface area contributed by atoms with Gasteiger partial charge >= 0.3 is 5.69 Å². The topological polar surface area (TPSA) is 63.4 Å². The highest BCUT2D eigenvalue weighted by molar-refractivity contribution is 5.97. The lowest BCUT2D eigenvalue weighted by molar-refractivity contribution is 0.0627. The number of nitrogens with zero attached hydrogens (tertiary/aromatic N) is 5. The summed E-state index contributed by atoms with van der Waals surface area (Å²) in [5.74, 6) is 0.0312. The number of pyridine rings is 1. The molecule has 1 amide bonds. The number of aryl methyl sites for hydroxylation is 2. The van der Waals surface area contributed by atoms with Gasteiger partial charge in [0.1, 0.15) is 0 Å². The van der Waals surface area contributed by atoms with Crippen molar-refractivity contribution in [1.29, 1.82) is 0 Å². The minimum Gasteiger partial charge on any atom is -0.336 e. The Labute approximate surface area is 170 Å². The zero-order chi connectivity index (χ0) is 20.4. The van der Waals surface area contributed by atoms with Crippen LogP contribution in [0.1, 0.15) is 29.9 Å². The van der Waals surface area contributed by atoms with Crippen LogP contribution in [0.25, 0.3) is 11.0 Å². The molecule has 7 heteroatoms. The van der Waals surface area contributed by atoms with E-state index in [0.717, 1.165) is 36.4 Å². The van der Waals surface area contributed by atoms with Gasteiger partial charge in [0.15, 0.2) is 0 Å². The molecule has 0 aliphatic carbocycles. The zero-order valence-electron chi connectivity index (χ0n) is 17.0. The fraction of sp³-hybridized carbons (Fsp3) is 0.409. The van der Waals surface area contributed by atoms with Gasteiger partial charge in [-0.15, -0.1) is 0 Å². The van der Waals surface area contributed by atoms with Crippen LogP contribution in [0.3, 0.4) is 0 Å². The number of aromatic nitrogens is 3. The van der Waals surface area contributed by atoms with Crippen molar-refractivity contribution in [3.8, 4) is 0 Å². The summed E-state index contributed by atoms with van der Waals surface area (Å²) < 4.78 is 3.49. The molecule has 152 valence electrons. The molecule has 0 bridgehead atoms. The summed E-state index contributed by atoms with van der Waals surface area (Å²) in [6.07, 6.45) is 1.81. The van der Waals surface area contributed by atoms with Crippen molar-refractivity contribution in [3.05, 3.63) is 64.3 Å². The van der Waals surface area contributed by atoms with E-state index in [9.17, 15) is 9.59 Å². The second kappa shape index (κ2) is 8.21.